The van der Waals surface area contributed by atoms with Crippen LogP contribution in [0.4, 0.5) is 0 Å². The molecule has 0 saturated heterocycles. The first-order chi connectivity index (χ1) is 10.2. The second-order valence-corrected chi connectivity index (χ2v) is 5.36. The molecule has 0 saturated carbocycles. The fourth-order valence-corrected chi connectivity index (χ4v) is 2.50. The van der Waals surface area contributed by atoms with Gasteiger partial charge in [-0.25, -0.2) is 4.98 Å². The third-order valence-corrected chi connectivity index (χ3v) is 3.77. The lowest BCUT2D eigenvalue weighted by atomic mass is 9.80. The number of nitrogens with zero attached hydrogens (tertiary/aromatic N) is 2. The minimum absolute atomic E-state index is 0.455. The van der Waals surface area contributed by atoms with Gasteiger partial charge in [0, 0.05) is 22.9 Å². The van der Waals surface area contributed by atoms with E-state index in [2.05, 4.69) is 4.98 Å². The highest BCUT2D eigenvalue weighted by atomic mass is 32.1. The highest BCUT2D eigenvalue weighted by Gasteiger charge is 2.12. The maximum atomic E-state index is 10.8. The maximum Gasteiger partial charge on any atom is 0.505 e. The quantitative estimate of drug-likeness (QED) is 0.545. The summed E-state index contributed by atoms with van der Waals surface area (Å²) in [5, 5.41) is 18.1. The summed E-state index contributed by atoms with van der Waals surface area (Å²) in [5.41, 5.74) is 3.24. The molecule has 7 heteroatoms. The van der Waals surface area contributed by atoms with Crippen molar-refractivity contribution in [3.63, 3.8) is 0 Å². The minimum Gasteiger partial charge on any atom is -0.423 e. The Labute approximate surface area is 125 Å². The van der Waals surface area contributed by atoms with Crippen LogP contribution in [0, 0.1) is 0 Å². The van der Waals surface area contributed by atoms with Gasteiger partial charge in [0.15, 0.2) is 0 Å². The van der Waals surface area contributed by atoms with E-state index in [1.54, 1.807) is 30.6 Å². The molecule has 0 fully saturated rings. The van der Waals surface area contributed by atoms with Crippen LogP contribution in [0.15, 0.2) is 53.7 Å². The number of fused-ring (bicyclic) bond motifs is 1. The average Bonchev–Trinajstić information content (AvgIpc) is 2.90. The summed E-state index contributed by atoms with van der Waals surface area (Å²) >= 11 is 0.455. The Balaban J connectivity index is 1.89. The molecule has 0 atom stereocenters. The molecule has 21 heavy (non-hydrogen) atoms. The second-order valence-electron chi connectivity index (χ2n) is 4.72. The number of imidazole rings is 1. The average molecular weight is 299 g/mol. The summed E-state index contributed by atoms with van der Waals surface area (Å²) in [6.45, 7) is 0.627. The van der Waals surface area contributed by atoms with E-state index >= 15 is 0 Å². The van der Waals surface area contributed by atoms with Gasteiger partial charge in [0.25, 0.3) is 4.90 Å². The first-order valence-electron chi connectivity index (χ1n) is 6.37. The molecule has 0 spiro atoms. The molecule has 3 rings (SSSR count). The summed E-state index contributed by atoms with van der Waals surface area (Å²) in [5.74, 6) is 0. The van der Waals surface area contributed by atoms with Crippen LogP contribution in [0.25, 0.3) is 11.0 Å². The van der Waals surface area contributed by atoms with Crippen LogP contribution < -0.4 is 5.46 Å². The predicted molar refractivity (Wildman–Crippen MR) is 81.4 cm³/mol. The Morgan fingerprint density at radius 1 is 1.14 bits per heavy atom. The zero-order valence-corrected chi connectivity index (χ0v) is 11.8. The van der Waals surface area contributed by atoms with E-state index in [0.29, 0.717) is 28.6 Å². The van der Waals surface area contributed by atoms with Gasteiger partial charge in [0.05, 0.1) is 17.4 Å². The van der Waals surface area contributed by atoms with Crippen LogP contribution in [0.3, 0.4) is 0 Å². The largest absolute Gasteiger partial charge is 0.505 e. The Morgan fingerprint density at radius 2 is 1.90 bits per heavy atom. The number of benzene rings is 2. The third-order valence-electron chi connectivity index (χ3n) is 3.32. The lowest BCUT2D eigenvalue weighted by molar-refractivity contribution is 0.426. The molecule has 0 aliphatic carbocycles. The van der Waals surface area contributed by atoms with Crippen LogP contribution in [0.2, 0.25) is 0 Å². The van der Waals surface area contributed by atoms with E-state index in [1.807, 2.05) is 22.8 Å². The van der Waals surface area contributed by atoms with Gasteiger partial charge in [0.2, 0.25) is 0 Å². The Morgan fingerprint density at radius 3 is 2.57 bits per heavy atom. The predicted octanol–water partition coefficient (Wildman–Crippen LogP) is 0.551. The van der Waals surface area contributed by atoms with Crippen molar-refractivity contribution < 1.29 is 14.3 Å². The third kappa shape index (κ3) is 2.85. The monoisotopic (exact) mass is 299 g/mol. The van der Waals surface area contributed by atoms with Crippen molar-refractivity contribution in [2.24, 2.45) is 0 Å². The van der Waals surface area contributed by atoms with E-state index in [1.165, 1.54) is 0 Å². The number of aromatic nitrogens is 2. The Hall–Kier alpha value is -2.09. The van der Waals surface area contributed by atoms with Gasteiger partial charge < -0.3 is 14.6 Å². The first kappa shape index (κ1) is 13.9. The molecule has 1 aromatic heterocycles. The lowest BCUT2D eigenvalue weighted by Crippen LogP contribution is -2.29. The minimum atomic E-state index is -1.45. The molecule has 0 radical (unpaired) electrons. The highest BCUT2D eigenvalue weighted by Crippen LogP contribution is 2.16. The molecule has 1 heterocycles. The van der Waals surface area contributed by atoms with E-state index in [9.17, 15) is 4.21 Å². The van der Waals surface area contributed by atoms with Gasteiger partial charge in [-0.1, -0.05) is 24.3 Å². The number of hydrogen-bond donors (Lipinski definition) is 2. The van der Waals surface area contributed by atoms with Gasteiger partial charge in [-0.2, -0.15) is 0 Å². The van der Waals surface area contributed by atoms with Crippen LogP contribution in [-0.2, 0) is 22.4 Å². The van der Waals surface area contributed by atoms with Crippen molar-refractivity contribution in [1.82, 2.24) is 9.55 Å². The van der Waals surface area contributed by atoms with Crippen LogP contribution >= 0.6 is 0 Å². The number of hydrogen-bond acceptors (Lipinski definition) is 4. The normalized spacial score (nSPS) is 10.8. The Bertz CT molecular complexity index is 787. The zero-order chi connectivity index (χ0) is 14.8. The molecule has 0 amide bonds. The van der Waals surface area contributed by atoms with Crippen LogP contribution in [-0.4, -0.2) is 26.7 Å². The van der Waals surface area contributed by atoms with Gasteiger partial charge in [0.1, 0.15) is 0 Å². The van der Waals surface area contributed by atoms with E-state index in [-0.39, 0.29) is 0 Å². The summed E-state index contributed by atoms with van der Waals surface area (Å²) < 4.78 is 12.8. The van der Waals surface area contributed by atoms with Crippen LogP contribution in [0.5, 0.6) is 0 Å². The van der Waals surface area contributed by atoms with Gasteiger partial charge >= 0.3 is 18.8 Å². The summed E-state index contributed by atoms with van der Waals surface area (Å²) in [4.78, 5) is 4.95. The smallest absolute Gasteiger partial charge is 0.423 e. The van der Waals surface area contributed by atoms with Gasteiger partial charge in [-0.15, -0.1) is 0 Å². The summed E-state index contributed by atoms with van der Waals surface area (Å²) in [6.07, 6.45) is 1.73. The maximum absolute atomic E-state index is 10.8. The van der Waals surface area contributed by atoms with Gasteiger partial charge in [-0.05, 0) is 17.1 Å². The first-order valence-corrected chi connectivity index (χ1v) is 7.11. The van der Waals surface area contributed by atoms with Gasteiger partial charge in [-0.3, -0.25) is 0 Å². The van der Waals surface area contributed by atoms with Crippen LogP contribution in [0.1, 0.15) is 5.56 Å². The molecule has 3 aromatic rings. The van der Waals surface area contributed by atoms with E-state index in [0.717, 1.165) is 16.6 Å². The SMILES string of the molecule is O=[S+]c1ccc2c(c1)ncn2Cc1ccc(B(O)O)cc1. The summed E-state index contributed by atoms with van der Waals surface area (Å²) in [7, 11) is -1.45. The lowest BCUT2D eigenvalue weighted by Gasteiger charge is -2.06. The zero-order valence-electron chi connectivity index (χ0n) is 11.0. The number of rotatable bonds is 4. The van der Waals surface area contributed by atoms with Crippen molar-refractivity contribution in [1.29, 1.82) is 0 Å². The fraction of sp³-hybridized carbons (Fsp3) is 0.0714. The fourth-order valence-electron chi connectivity index (χ4n) is 2.21. The highest BCUT2D eigenvalue weighted by molar-refractivity contribution is 7.65. The standard InChI is InChI=1S/C14H12BN2O3S/c18-15(19)11-3-1-10(2-4-11)8-17-9-16-13-7-12(21-20)5-6-14(13)17/h1-7,9,18-19H,8H2/q+1. The van der Waals surface area contributed by atoms with Crippen molar-refractivity contribution in [3.05, 3.63) is 54.4 Å². The second kappa shape index (κ2) is 5.73. The molecular formula is C14H12BN2O3S+. The molecule has 0 aliphatic heterocycles. The van der Waals surface area contributed by atoms with Crippen molar-refractivity contribution in [3.8, 4) is 0 Å². The summed E-state index contributed by atoms with van der Waals surface area (Å²) in [6, 6.07) is 12.5. The molecule has 0 bridgehead atoms. The molecule has 0 unspecified atom stereocenters. The molecule has 5 nitrogen and oxygen atoms in total. The van der Waals surface area contributed by atoms with Crippen molar-refractivity contribution in [2.45, 2.75) is 11.4 Å². The van der Waals surface area contributed by atoms with E-state index in [4.69, 9.17) is 10.0 Å². The van der Waals surface area contributed by atoms with E-state index < -0.39 is 7.12 Å². The molecule has 2 aromatic carbocycles. The molecule has 104 valence electrons. The van der Waals surface area contributed by atoms with Crippen molar-refractivity contribution in [2.75, 3.05) is 0 Å². The van der Waals surface area contributed by atoms with Crippen molar-refractivity contribution >= 4 is 35.3 Å². The molecule has 0 aliphatic rings. The topological polar surface area (TPSA) is 75.4 Å². The molecule has 2 N–H and O–H groups in total. The molecular weight excluding hydrogens is 287 g/mol. The Kier molecular flexibility index (Phi) is 3.79.